The molecule has 0 amide bonds. The third kappa shape index (κ3) is 2.53. The number of alkyl halides is 1. The van der Waals surface area contributed by atoms with Crippen LogP contribution in [0.5, 0.6) is 0 Å². The first-order chi connectivity index (χ1) is 7.00. The third-order valence-corrected chi connectivity index (χ3v) is 3.69. The number of hydrogen-bond acceptors (Lipinski definition) is 4. The minimum Gasteiger partial charge on any atom is -0.394 e. The lowest BCUT2D eigenvalue weighted by atomic mass is 10.4. The highest BCUT2D eigenvalue weighted by atomic mass is 32.2. The molecule has 0 aliphatic carbocycles. The molecule has 1 aromatic carbocycles. The topological polar surface area (TPSA) is 74.6 Å². The molecule has 1 rings (SSSR count). The molecular weight excluding hydrogens is 223 g/mol. The summed E-state index contributed by atoms with van der Waals surface area (Å²) < 4.78 is 36.2. The van der Waals surface area contributed by atoms with Crippen molar-refractivity contribution in [2.24, 2.45) is 0 Å². The van der Waals surface area contributed by atoms with Crippen LogP contribution in [0.15, 0.2) is 35.2 Å². The van der Waals surface area contributed by atoms with Crippen molar-refractivity contribution in [2.45, 2.75) is 16.5 Å². The predicted molar refractivity (Wildman–Crippen MR) is 51.6 cm³/mol. The van der Waals surface area contributed by atoms with Gasteiger partial charge in [-0.05, 0) is 12.1 Å². The molecule has 0 bridgehead atoms. The minimum absolute atomic E-state index is 0.218. The molecular formula is C9H11FO4S. The van der Waals surface area contributed by atoms with Gasteiger partial charge in [0.15, 0.2) is 0 Å². The lowest BCUT2D eigenvalue weighted by molar-refractivity contribution is 0.0579. The minimum atomic E-state index is -4.23. The Balaban J connectivity index is 3.04. The Morgan fingerprint density at radius 1 is 1.27 bits per heavy atom. The zero-order valence-electron chi connectivity index (χ0n) is 7.75. The Bertz CT molecular complexity index is 403. The van der Waals surface area contributed by atoms with Crippen molar-refractivity contribution in [1.29, 1.82) is 0 Å². The van der Waals surface area contributed by atoms with Crippen molar-refractivity contribution in [3.05, 3.63) is 30.3 Å². The number of aliphatic hydroxyl groups excluding tert-OH is 2. The van der Waals surface area contributed by atoms with Crippen LogP contribution < -0.4 is 0 Å². The van der Waals surface area contributed by atoms with Crippen molar-refractivity contribution < 1.29 is 23.0 Å². The molecule has 0 saturated heterocycles. The van der Waals surface area contributed by atoms with Crippen molar-refractivity contribution in [2.75, 3.05) is 6.61 Å². The maximum absolute atomic E-state index is 13.3. The summed E-state index contributed by atoms with van der Waals surface area (Å²) in [6.07, 6.45) is -1.92. The van der Waals surface area contributed by atoms with Gasteiger partial charge in [0.25, 0.3) is 0 Å². The zero-order chi connectivity index (χ0) is 11.5. The van der Waals surface area contributed by atoms with Gasteiger partial charge >= 0.3 is 0 Å². The zero-order valence-corrected chi connectivity index (χ0v) is 8.56. The second kappa shape index (κ2) is 4.69. The average Bonchev–Trinajstić information content (AvgIpc) is 2.28. The number of hydrogen-bond donors (Lipinski definition) is 2. The highest BCUT2D eigenvalue weighted by Gasteiger charge is 2.33. The molecule has 15 heavy (non-hydrogen) atoms. The van der Waals surface area contributed by atoms with E-state index in [0.717, 1.165) is 0 Å². The SMILES string of the molecule is O=S(=O)(c1ccccc1)[C@H](F)[C@H](O)CO. The second-order valence-electron chi connectivity index (χ2n) is 2.96. The standard InChI is InChI=1S/C9H11FO4S/c10-9(8(12)6-11)15(13,14)7-4-2-1-3-5-7/h1-5,8-9,11-12H,6H2/t8-,9+/m1/s1. The van der Waals surface area contributed by atoms with Gasteiger partial charge < -0.3 is 10.2 Å². The summed E-state index contributed by atoms with van der Waals surface area (Å²) in [5.41, 5.74) is -2.51. The number of halogens is 1. The quantitative estimate of drug-likeness (QED) is 0.775. The van der Waals surface area contributed by atoms with Gasteiger partial charge in [-0.25, -0.2) is 12.8 Å². The number of benzene rings is 1. The Kier molecular flexibility index (Phi) is 3.78. The van der Waals surface area contributed by atoms with Crippen LogP contribution in [0.25, 0.3) is 0 Å². The van der Waals surface area contributed by atoms with Gasteiger partial charge in [0.1, 0.15) is 6.10 Å². The van der Waals surface area contributed by atoms with Crippen LogP contribution in [0.2, 0.25) is 0 Å². The van der Waals surface area contributed by atoms with E-state index in [1.54, 1.807) is 6.07 Å². The van der Waals surface area contributed by atoms with Crippen LogP contribution in [-0.2, 0) is 9.84 Å². The highest BCUT2D eigenvalue weighted by Crippen LogP contribution is 2.18. The Morgan fingerprint density at radius 2 is 1.80 bits per heavy atom. The molecule has 4 nitrogen and oxygen atoms in total. The fourth-order valence-electron chi connectivity index (χ4n) is 1.03. The summed E-state index contributed by atoms with van der Waals surface area (Å²) in [4.78, 5) is -0.218. The molecule has 0 aliphatic heterocycles. The van der Waals surface area contributed by atoms with Crippen molar-refractivity contribution in [1.82, 2.24) is 0 Å². The summed E-state index contributed by atoms with van der Waals surface area (Å²) in [5, 5.41) is 17.4. The van der Waals surface area contributed by atoms with E-state index in [1.165, 1.54) is 24.3 Å². The van der Waals surface area contributed by atoms with Crippen LogP contribution in [0.4, 0.5) is 4.39 Å². The van der Waals surface area contributed by atoms with E-state index >= 15 is 0 Å². The number of aliphatic hydroxyl groups is 2. The second-order valence-corrected chi connectivity index (χ2v) is 4.97. The van der Waals surface area contributed by atoms with E-state index in [0.29, 0.717) is 0 Å². The van der Waals surface area contributed by atoms with E-state index in [2.05, 4.69) is 0 Å². The molecule has 0 heterocycles. The largest absolute Gasteiger partial charge is 0.394 e. The molecule has 0 saturated carbocycles. The highest BCUT2D eigenvalue weighted by molar-refractivity contribution is 7.92. The molecule has 0 aliphatic rings. The number of sulfone groups is 1. The van der Waals surface area contributed by atoms with Crippen LogP contribution in [0.1, 0.15) is 0 Å². The summed E-state index contributed by atoms with van der Waals surface area (Å²) in [7, 11) is -4.23. The third-order valence-electron chi connectivity index (χ3n) is 1.86. The van der Waals surface area contributed by atoms with E-state index in [4.69, 9.17) is 10.2 Å². The molecule has 6 heteroatoms. The fourth-order valence-corrected chi connectivity index (χ4v) is 2.33. The Labute approximate surface area is 86.9 Å². The first kappa shape index (κ1) is 12.1. The Morgan fingerprint density at radius 3 is 2.27 bits per heavy atom. The van der Waals surface area contributed by atoms with Crippen LogP contribution in [0.3, 0.4) is 0 Å². The van der Waals surface area contributed by atoms with Gasteiger partial charge in [0.05, 0.1) is 11.5 Å². The molecule has 2 N–H and O–H groups in total. The van der Waals surface area contributed by atoms with Crippen LogP contribution in [0, 0.1) is 0 Å². The molecule has 0 aromatic heterocycles. The molecule has 0 fully saturated rings. The van der Waals surface area contributed by atoms with Crippen LogP contribution in [-0.4, -0.2) is 36.8 Å². The first-order valence-corrected chi connectivity index (χ1v) is 5.76. The lowest BCUT2D eigenvalue weighted by Gasteiger charge is -2.13. The molecule has 0 radical (unpaired) electrons. The van der Waals surface area contributed by atoms with E-state index in [1.807, 2.05) is 0 Å². The van der Waals surface area contributed by atoms with Gasteiger partial charge in [0, 0.05) is 0 Å². The molecule has 84 valence electrons. The predicted octanol–water partition coefficient (Wildman–Crippen LogP) is 0.109. The van der Waals surface area contributed by atoms with Gasteiger partial charge in [-0.3, -0.25) is 0 Å². The summed E-state index contributed by atoms with van der Waals surface area (Å²) in [6.45, 7) is -0.937. The summed E-state index contributed by atoms with van der Waals surface area (Å²) in [6, 6.07) is 6.95. The van der Waals surface area contributed by atoms with Crippen LogP contribution >= 0.6 is 0 Å². The van der Waals surface area contributed by atoms with E-state index < -0.39 is 28.1 Å². The smallest absolute Gasteiger partial charge is 0.233 e. The molecule has 1 aromatic rings. The van der Waals surface area contributed by atoms with Gasteiger partial charge in [0.2, 0.25) is 15.3 Å². The van der Waals surface area contributed by atoms with Gasteiger partial charge in [-0.15, -0.1) is 0 Å². The summed E-state index contributed by atoms with van der Waals surface area (Å²) >= 11 is 0. The molecule has 0 spiro atoms. The Hall–Kier alpha value is -0.980. The lowest BCUT2D eigenvalue weighted by Crippen LogP contribution is -2.32. The van der Waals surface area contributed by atoms with Crippen molar-refractivity contribution >= 4 is 9.84 Å². The monoisotopic (exact) mass is 234 g/mol. The fraction of sp³-hybridized carbons (Fsp3) is 0.333. The maximum Gasteiger partial charge on any atom is 0.233 e. The number of rotatable bonds is 4. The molecule has 2 atom stereocenters. The van der Waals surface area contributed by atoms with E-state index in [9.17, 15) is 12.8 Å². The van der Waals surface area contributed by atoms with Gasteiger partial charge in [-0.1, -0.05) is 18.2 Å². The van der Waals surface area contributed by atoms with Crippen molar-refractivity contribution in [3.63, 3.8) is 0 Å². The summed E-state index contributed by atoms with van der Waals surface area (Å²) in [5.74, 6) is 0. The van der Waals surface area contributed by atoms with Gasteiger partial charge in [-0.2, -0.15) is 0 Å². The normalized spacial score (nSPS) is 15.9. The first-order valence-electron chi connectivity index (χ1n) is 4.22. The molecule has 0 unspecified atom stereocenters. The maximum atomic E-state index is 13.3. The van der Waals surface area contributed by atoms with Crippen molar-refractivity contribution in [3.8, 4) is 0 Å². The average molecular weight is 234 g/mol. The van der Waals surface area contributed by atoms with E-state index in [-0.39, 0.29) is 4.90 Å².